The topological polar surface area (TPSA) is 161 Å². The smallest absolute Gasteiger partial charge is 0.293 e. The molecule has 0 saturated heterocycles. The van der Waals surface area contributed by atoms with Crippen molar-refractivity contribution in [2.24, 2.45) is 5.10 Å². The van der Waals surface area contributed by atoms with Crippen LogP contribution in [-0.4, -0.2) is 61.5 Å². The molecule has 3 aromatic rings. The van der Waals surface area contributed by atoms with E-state index < -0.39 is 5.91 Å². The molecule has 0 aliphatic carbocycles. The number of amides is 1. The van der Waals surface area contributed by atoms with Crippen LogP contribution in [0.5, 0.6) is 5.75 Å². The molecule has 3 rings (SSSR count). The number of hydrogen-bond donors (Lipinski definition) is 3. The molecule has 14 heteroatoms. The van der Waals surface area contributed by atoms with Crippen molar-refractivity contribution in [3.05, 3.63) is 38.0 Å². The Hall–Kier alpha value is -2.84. The van der Waals surface area contributed by atoms with Crippen LogP contribution in [0.3, 0.4) is 0 Å². The summed E-state index contributed by atoms with van der Waals surface area (Å²) in [7, 11) is 3.64. The van der Waals surface area contributed by atoms with Gasteiger partial charge in [-0.2, -0.15) is 9.78 Å². The molecule has 0 aliphatic rings. The molecule has 0 aliphatic heterocycles. The Morgan fingerprint density at radius 2 is 2.07 bits per heavy atom. The molecule has 1 aromatic carbocycles. The lowest BCUT2D eigenvalue weighted by molar-refractivity contribution is 0.0948. The number of benzene rings is 1. The second kappa shape index (κ2) is 8.67. The van der Waals surface area contributed by atoms with Gasteiger partial charge in [0, 0.05) is 6.54 Å². The quantitative estimate of drug-likeness (QED) is 0.316. The zero-order chi connectivity index (χ0) is 21.1. The summed E-state index contributed by atoms with van der Waals surface area (Å²) in [5.41, 5.74) is 9.24. The van der Waals surface area contributed by atoms with Gasteiger partial charge in [0.15, 0.2) is 5.69 Å². The fourth-order valence-electron chi connectivity index (χ4n) is 2.31. The van der Waals surface area contributed by atoms with Gasteiger partial charge < -0.3 is 15.7 Å². The van der Waals surface area contributed by atoms with Gasteiger partial charge in [-0.15, -0.1) is 5.10 Å². The Morgan fingerprint density at radius 3 is 2.66 bits per heavy atom. The zero-order valence-electron chi connectivity index (χ0n) is 15.2. The molecule has 0 bridgehead atoms. The minimum Gasteiger partial charge on any atom is -0.506 e. The summed E-state index contributed by atoms with van der Waals surface area (Å²) in [5, 5.41) is 28.7. The second-order valence-corrected chi connectivity index (χ2v) is 7.75. The number of nitrogens with one attached hydrogen (secondary N) is 1. The number of aromatic nitrogens is 5. The van der Waals surface area contributed by atoms with Crippen molar-refractivity contribution in [1.82, 2.24) is 35.6 Å². The lowest BCUT2D eigenvalue weighted by atomic mass is 10.2. The van der Waals surface area contributed by atoms with Crippen LogP contribution in [0.2, 0.25) is 0 Å². The molecule has 0 spiro atoms. The van der Waals surface area contributed by atoms with E-state index in [2.05, 4.69) is 67.6 Å². The van der Waals surface area contributed by atoms with Crippen LogP contribution in [0, 0.1) is 0 Å². The van der Waals surface area contributed by atoms with Gasteiger partial charge >= 0.3 is 0 Å². The molecule has 1 amide bonds. The lowest BCUT2D eigenvalue weighted by Crippen LogP contribution is -2.23. The van der Waals surface area contributed by atoms with Crippen LogP contribution in [0.15, 0.2) is 30.8 Å². The predicted octanol–water partition coefficient (Wildman–Crippen LogP) is 1.29. The second-order valence-electron chi connectivity index (χ2n) is 6.04. The monoisotopic (exact) mass is 527 g/mol. The Morgan fingerprint density at radius 1 is 1.38 bits per heavy atom. The molecule has 0 atom stereocenters. The Kier molecular flexibility index (Phi) is 6.24. The molecule has 0 saturated carbocycles. The molecule has 4 N–H and O–H groups in total. The normalized spacial score (nSPS) is 11.5. The summed E-state index contributed by atoms with van der Waals surface area (Å²) in [5.74, 6) is -0.354. The van der Waals surface area contributed by atoms with Crippen LogP contribution in [0.25, 0.3) is 5.82 Å². The molecule has 152 valence electrons. The highest BCUT2D eigenvalue weighted by Gasteiger charge is 2.24. The fourth-order valence-corrected chi connectivity index (χ4v) is 3.53. The first-order valence-corrected chi connectivity index (χ1v) is 9.55. The summed E-state index contributed by atoms with van der Waals surface area (Å²) in [6.07, 6.45) is 1.42. The zero-order valence-corrected chi connectivity index (χ0v) is 18.3. The van der Waals surface area contributed by atoms with E-state index in [4.69, 9.17) is 5.73 Å². The third-order valence-corrected chi connectivity index (χ3v) is 4.77. The minimum absolute atomic E-state index is 0.0170. The first kappa shape index (κ1) is 20.9. The molecule has 0 unspecified atom stereocenters. The number of hydrazone groups is 1. The summed E-state index contributed by atoms with van der Waals surface area (Å²) < 4.78 is 6.85. The van der Waals surface area contributed by atoms with Crippen LogP contribution >= 0.6 is 31.9 Å². The van der Waals surface area contributed by atoms with E-state index in [-0.39, 0.29) is 23.1 Å². The van der Waals surface area contributed by atoms with Crippen LogP contribution in [0.1, 0.15) is 21.7 Å². The average molecular weight is 529 g/mol. The molecule has 2 heterocycles. The number of aromatic hydroxyl groups is 1. The molecular weight excluding hydrogens is 514 g/mol. The van der Waals surface area contributed by atoms with Crippen molar-refractivity contribution in [3.63, 3.8) is 0 Å². The van der Waals surface area contributed by atoms with Crippen LogP contribution in [0.4, 0.5) is 5.82 Å². The number of anilines is 1. The minimum atomic E-state index is -0.573. The van der Waals surface area contributed by atoms with E-state index in [1.807, 2.05) is 19.0 Å². The number of nitrogens with zero attached hydrogens (tertiary/aromatic N) is 7. The summed E-state index contributed by atoms with van der Waals surface area (Å²) >= 11 is 6.46. The van der Waals surface area contributed by atoms with Gasteiger partial charge in [0.25, 0.3) is 5.91 Å². The van der Waals surface area contributed by atoms with E-state index in [0.717, 1.165) is 0 Å². The maximum absolute atomic E-state index is 12.6. The first-order chi connectivity index (χ1) is 13.8. The largest absolute Gasteiger partial charge is 0.506 e. The maximum Gasteiger partial charge on any atom is 0.293 e. The summed E-state index contributed by atoms with van der Waals surface area (Å²) in [6.45, 7) is 0.323. The molecule has 0 radical (unpaired) electrons. The maximum atomic E-state index is 12.6. The van der Waals surface area contributed by atoms with Crippen LogP contribution in [-0.2, 0) is 6.54 Å². The third kappa shape index (κ3) is 4.60. The van der Waals surface area contributed by atoms with E-state index >= 15 is 0 Å². The van der Waals surface area contributed by atoms with E-state index in [1.54, 1.807) is 12.1 Å². The number of hydrogen-bond acceptors (Lipinski definition) is 10. The highest BCUT2D eigenvalue weighted by Crippen LogP contribution is 2.32. The van der Waals surface area contributed by atoms with Gasteiger partial charge in [-0.25, -0.2) is 10.1 Å². The molecule has 0 fully saturated rings. The van der Waals surface area contributed by atoms with Gasteiger partial charge in [-0.1, -0.05) is 5.21 Å². The Labute approximate surface area is 181 Å². The molecule has 2 aromatic heterocycles. The van der Waals surface area contributed by atoms with Gasteiger partial charge in [-0.05, 0) is 74.0 Å². The standard InChI is InChI=1S/C15H15Br2N9O3/c1-25(2)6-10-11(20-24-26(10)14-13(18)22-29-23-14)15(28)21-19-5-7-3-8(16)12(27)9(17)4-7/h3-5,27H,6H2,1-2H3,(H2,18,22)(H,21,28)/b19-5+. The Bertz CT molecular complexity index is 1050. The van der Waals surface area contributed by atoms with Gasteiger partial charge in [0.1, 0.15) is 5.75 Å². The van der Waals surface area contributed by atoms with Crippen molar-refractivity contribution in [2.45, 2.75) is 6.54 Å². The highest BCUT2D eigenvalue weighted by atomic mass is 79.9. The van der Waals surface area contributed by atoms with Crippen molar-refractivity contribution >= 4 is 49.8 Å². The van der Waals surface area contributed by atoms with Gasteiger partial charge in [0.05, 0.1) is 20.9 Å². The van der Waals surface area contributed by atoms with Crippen molar-refractivity contribution < 1.29 is 14.5 Å². The number of phenolic OH excluding ortho intramolecular Hbond substituents is 1. The van der Waals surface area contributed by atoms with Crippen molar-refractivity contribution in [1.29, 1.82) is 0 Å². The number of nitrogens with two attached hydrogens (primary N) is 1. The average Bonchev–Trinajstić information content (AvgIpc) is 3.24. The SMILES string of the molecule is CN(C)Cc1c(C(=O)N/N=C/c2cc(Br)c(O)c(Br)c2)nnn1-c1nonc1N. The lowest BCUT2D eigenvalue weighted by Gasteiger charge is -2.11. The van der Waals surface area contributed by atoms with E-state index in [1.165, 1.54) is 10.9 Å². The Balaban J connectivity index is 1.84. The predicted molar refractivity (Wildman–Crippen MR) is 110 cm³/mol. The highest BCUT2D eigenvalue weighted by molar-refractivity contribution is 9.11. The van der Waals surface area contributed by atoms with Gasteiger partial charge in [-0.3, -0.25) is 4.79 Å². The van der Waals surface area contributed by atoms with E-state index in [9.17, 15) is 9.90 Å². The molecular formula is C15H15Br2N9O3. The summed E-state index contributed by atoms with van der Waals surface area (Å²) in [6, 6.07) is 3.29. The van der Waals surface area contributed by atoms with Crippen molar-refractivity contribution in [2.75, 3.05) is 19.8 Å². The van der Waals surface area contributed by atoms with Crippen molar-refractivity contribution in [3.8, 4) is 11.6 Å². The first-order valence-electron chi connectivity index (χ1n) is 7.97. The third-order valence-electron chi connectivity index (χ3n) is 3.56. The number of nitrogen functional groups attached to an aromatic ring is 1. The molecule has 29 heavy (non-hydrogen) atoms. The fraction of sp³-hybridized carbons (Fsp3) is 0.200. The van der Waals surface area contributed by atoms with Crippen LogP contribution < -0.4 is 11.2 Å². The number of phenols is 1. The number of carbonyl (C=O) groups excluding carboxylic acids is 1. The van der Waals surface area contributed by atoms with Gasteiger partial charge in [0.2, 0.25) is 11.6 Å². The summed E-state index contributed by atoms with van der Waals surface area (Å²) in [4.78, 5) is 14.4. The molecule has 12 nitrogen and oxygen atoms in total. The van der Waals surface area contributed by atoms with E-state index in [0.29, 0.717) is 26.7 Å². The number of halogens is 2. The number of carbonyl (C=O) groups is 1. The number of rotatable bonds is 6.